The molecule has 1 aliphatic rings. The number of amides is 1. The molecule has 0 aliphatic carbocycles. The number of thioether (sulfide) groups is 1. The Hall–Kier alpha value is -0.560. The second-order valence-corrected chi connectivity index (χ2v) is 6.48. The smallest absolute Gasteiger partial charge is 0.245 e. The topological polar surface area (TPSA) is 58.4 Å². The largest absolute Gasteiger partial charge is 0.324 e. The van der Waals surface area contributed by atoms with E-state index in [2.05, 4.69) is 40.2 Å². The van der Waals surface area contributed by atoms with Gasteiger partial charge in [-0.05, 0) is 42.2 Å². The molecule has 0 spiro atoms. The summed E-state index contributed by atoms with van der Waals surface area (Å²) in [6.07, 6.45) is 0. The maximum atomic E-state index is 11.5. The molecular formula is C12H16BrN3OS. The van der Waals surface area contributed by atoms with Crippen LogP contribution in [0.5, 0.6) is 0 Å². The third-order valence-corrected chi connectivity index (χ3v) is 4.73. The predicted molar refractivity (Wildman–Crippen MR) is 79.0 cm³/mol. The zero-order valence-corrected chi connectivity index (χ0v) is 12.8. The molecule has 18 heavy (non-hydrogen) atoms. The molecule has 0 bridgehead atoms. The number of carbonyl (C=O) groups excluding carboxylic acids is 1. The standard InChI is InChI=1S/C12H16BrN3OS/c1-16(2)3-4-18-10-6-9-7(5-8(10)13)11(14)12(17)15-9/h5-6,11H,3-4,14H2,1-2H3,(H,15,17). The number of nitrogens with two attached hydrogens (primary N) is 1. The number of rotatable bonds is 4. The monoisotopic (exact) mass is 329 g/mol. The van der Waals surface area contributed by atoms with E-state index in [4.69, 9.17) is 5.73 Å². The van der Waals surface area contributed by atoms with E-state index in [0.29, 0.717) is 0 Å². The molecule has 1 aliphatic heterocycles. The number of nitrogens with one attached hydrogen (secondary N) is 1. The van der Waals surface area contributed by atoms with Crippen molar-refractivity contribution in [2.24, 2.45) is 5.73 Å². The molecule has 0 aromatic heterocycles. The van der Waals surface area contributed by atoms with E-state index in [-0.39, 0.29) is 5.91 Å². The maximum absolute atomic E-state index is 11.5. The molecule has 0 fully saturated rings. The van der Waals surface area contributed by atoms with E-state index in [1.54, 1.807) is 11.8 Å². The number of fused-ring (bicyclic) bond motifs is 1. The van der Waals surface area contributed by atoms with E-state index in [9.17, 15) is 4.79 Å². The number of halogens is 1. The molecule has 1 heterocycles. The highest BCUT2D eigenvalue weighted by Crippen LogP contribution is 2.38. The average molecular weight is 330 g/mol. The van der Waals surface area contributed by atoms with Gasteiger partial charge in [0, 0.05) is 32.9 Å². The van der Waals surface area contributed by atoms with Crippen molar-refractivity contribution in [1.82, 2.24) is 4.90 Å². The zero-order chi connectivity index (χ0) is 13.3. The SMILES string of the molecule is CN(C)CCSc1cc2c(cc1Br)C(N)C(=O)N2. The molecule has 4 nitrogen and oxygen atoms in total. The molecule has 98 valence electrons. The van der Waals surface area contributed by atoms with Gasteiger partial charge in [0.1, 0.15) is 6.04 Å². The molecule has 0 radical (unpaired) electrons. The molecule has 6 heteroatoms. The first-order valence-electron chi connectivity index (χ1n) is 5.66. The van der Waals surface area contributed by atoms with Crippen molar-refractivity contribution in [3.8, 4) is 0 Å². The average Bonchev–Trinajstić information content (AvgIpc) is 2.55. The van der Waals surface area contributed by atoms with Crippen LogP contribution in [0.25, 0.3) is 0 Å². The van der Waals surface area contributed by atoms with Gasteiger partial charge in [-0.2, -0.15) is 0 Å². The summed E-state index contributed by atoms with van der Waals surface area (Å²) in [5.41, 5.74) is 7.50. The number of anilines is 1. The third-order valence-electron chi connectivity index (χ3n) is 2.78. The summed E-state index contributed by atoms with van der Waals surface area (Å²) in [6, 6.07) is 3.39. The summed E-state index contributed by atoms with van der Waals surface area (Å²) in [7, 11) is 4.11. The normalized spacial score (nSPS) is 18.1. The number of hydrogen-bond acceptors (Lipinski definition) is 4. The molecular weight excluding hydrogens is 314 g/mol. The van der Waals surface area contributed by atoms with E-state index in [1.807, 2.05) is 12.1 Å². The highest BCUT2D eigenvalue weighted by Gasteiger charge is 2.28. The van der Waals surface area contributed by atoms with E-state index >= 15 is 0 Å². The van der Waals surface area contributed by atoms with Gasteiger partial charge in [0.25, 0.3) is 0 Å². The Morgan fingerprint density at radius 2 is 2.22 bits per heavy atom. The lowest BCUT2D eigenvalue weighted by molar-refractivity contribution is -0.116. The number of nitrogens with zero attached hydrogens (tertiary/aromatic N) is 1. The van der Waals surface area contributed by atoms with Crippen molar-refractivity contribution in [2.45, 2.75) is 10.9 Å². The van der Waals surface area contributed by atoms with Gasteiger partial charge >= 0.3 is 0 Å². The fraction of sp³-hybridized carbons (Fsp3) is 0.417. The van der Waals surface area contributed by atoms with Crippen molar-refractivity contribution < 1.29 is 4.79 Å². The number of benzene rings is 1. The number of hydrogen-bond donors (Lipinski definition) is 2. The second kappa shape index (κ2) is 5.61. The Labute approximate surface area is 119 Å². The van der Waals surface area contributed by atoms with E-state index in [1.165, 1.54) is 0 Å². The Morgan fingerprint density at radius 3 is 2.89 bits per heavy atom. The zero-order valence-electron chi connectivity index (χ0n) is 10.4. The highest BCUT2D eigenvalue weighted by molar-refractivity contribution is 9.10. The van der Waals surface area contributed by atoms with Crippen molar-refractivity contribution in [3.05, 3.63) is 22.2 Å². The molecule has 0 saturated carbocycles. The van der Waals surface area contributed by atoms with Crippen molar-refractivity contribution in [3.63, 3.8) is 0 Å². The van der Waals surface area contributed by atoms with Crippen LogP contribution in [0, 0.1) is 0 Å². The first-order chi connectivity index (χ1) is 8.49. The van der Waals surface area contributed by atoms with Crippen LogP contribution in [0.4, 0.5) is 5.69 Å². The van der Waals surface area contributed by atoms with Crippen molar-refractivity contribution in [1.29, 1.82) is 0 Å². The Balaban J connectivity index is 2.14. The minimum Gasteiger partial charge on any atom is -0.324 e. The van der Waals surface area contributed by atoms with E-state index in [0.717, 1.165) is 32.9 Å². The summed E-state index contributed by atoms with van der Waals surface area (Å²) >= 11 is 5.30. The second-order valence-electron chi connectivity index (χ2n) is 4.49. The van der Waals surface area contributed by atoms with Crippen LogP contribution in [0.2, 0.25) is 0 Å². The molecule has 0 saturated heterocycles. The first-order valence-corrected chi connectivity index (χ1v) is 7.44. The molecule has 1 aromatic carbocycles. The third kappa shape index (κ3) is 2.88. The molecule has 1 aromatic rings. The van der Waals surface area contributed by atoms with E-state index < -0.39 is 6.04 Å². The molecule has 1 unspecified atom stereocenters. The fourth-order valence-corrected chi connectivity index (χ4v) is 3.51. The van der Waals surface area contributed by atoms with Gasteiger partial charge in [-0.1, -0.05) is 0 Å². The Bertz CT molecular complexity index is 479. The van der Waals surface area contributed by atoms with Crippen molar-refractivity contribution in [2.75, 3.05) is 31.7 Å². The predicted octanol–water partition coefficient (Wildman–Crippen LogP) is 2.05. The van der Waals surface area contributed by atoms with Crippen molar-refractivity contribution >= 4 is 39.3 Å². The summed E-state index contributed by atoms with van der Waals surface area (Å²) in [5.74, 6) is 0.872. The molecule has 3 N–H and O–H groups in total. The lowest BCUT2D eigenvalue weighted by Crippen LogP contribution is -2.19. The van der Waals surface area contributed by atoms with Crippen LogP contribution in [0.3, 0.4) is 0 Å². The van der Waals surface area contributed by atoms with Gasteiger partial charge in [-0.15, -0.1) is 11.8 Å². The lowest BCUT2D eigenvalue weighted by Gasteiger charge is -2.11. The minimum atomic E-state index is -0.544. The van der Waals surface area contributed by atoms with Gasteiger partial charge < -0.3 is 16.0 Å². The molecule has 1 atom stereocenters. The van der Waals surface area contributed by atoms with Crippen LogP contribution < -0.4 is 11.1 Å². The summed E-state index contributed by atoms with van der Waals surface area (Å²) in [6.45, 7) is 1.01. The fourth-order valence-electron chi connectivity index (χ4n) is 1.73. The maximum Gasteiger partial charge on any atom is 0.245 e. The number of carbonyl (C=O) groups is 1. The quantitative estimate of drug-likeness (QED) is 0.830. The molecule has 2 rings (SSSR count). The Kier molecular flexibility index (Phi) is 4.32. The minimum absolute atomic E-state index is 0.132. The summed E-state index contributed by atoms with van der Waals surface area (Å²) < 4.78 is 0.997. The summed E-state index contributed by atoms with van der Waals surface area (Å²) in [5, 5.41) is 2.81. The van der Waals surface area contributed by atoms with Gasteiger partial charge in [-0.3, -0.25) is 4.79 Å². The molecule has 1 amide bonds. The van der Waals surface area contributed by atoms with Crippen LogP contribution in [-0.2, 0) is 4.79 Å². The van der Waals surface area contributed by atoms with Crippen LogP contribution >= 0.6 is 27.7 Å². The highest BCUT2D eigenvalue weighted by atomic mass is 79.9. The summed E-state index contributed by atoms with van der Waals surface area (Å²) in [4.78, 5) is 14.8. The van der Waals surface area contributed by atoms with Crippen LogP contribution in [0.15, 0.2) is 21.5 Å². The van der Waals surface area contributed by atoms with Gasteiger partial charge in [0.05, 0.1) is 0 Å². The lowest BCUT2D eigenvalue weighted by atomic mass is 10.1. The van der Waals surface area contributed by atoms with Gasteiger partial charge in [0.15, 0.2) is 0 Å². The first kappa shape index (κ1) is 13.9. The van der Waals surface area contributed by atoms with Gasteiger partial charge in [0.2, 0.25) is 5.91 Å². The van der Waals surface area contributed by atoms with Crippen LogP contribution in [0.1, 0.15) is 11.6 Å². The van der Waals surface area contributed by atoms with Gasteiger partial charge in [-0.25, -0.2) is 0 Å². The van der Waals surface area contributed by atoms with Crippen LogP contribution in [-0.4, -0.2) is 37.2 Å². The Morgan fingerprint density at radius 1 is 1.50 bits per heavy atom.